The van der Waals surface area contributed by atoms with Gasteiger partial charge in [0, 0.05) is 26.1 Å². The van der Waals surface area contributed by atoms with Gasteiger partial charge in [0.1, 0.15) is 0 Å². The number of thiophene rings is 1. The Hall–Kier alpha value is -0.910. The van der Waals surface area contributed by atoms with Crippen LogP contribution in [0.4, 0.5) is 0 Å². The molecule has 5 heteroatoms. The molecule has 0 radical (unpaired) electrons. The zero-order chi connectivity index (χ0) is 13.0. The quantitative estimate of drug-likeness (QED) is 0.905. The van der Waals surface area contributed by atoms with Crippen LogP contribution in [0.2, 0.25) is 0 Å². The molecule has 0 bridgehead atoms. The SMILES string of the molecule is COCCN1C(=O)CCCC(N)C1c1ccsc1. The van der Waals surface area contributed by atoms with E-state index in [2.05, 4.69) is 11.4 Å². The molecule has 1 aromatic heterocycles. The fraction of sp³-hybridized carbons (Fsp3) is 0.615. The number of methoxy groups -OCH3 is 1. The Morgan fingerprint density at radius 2 is 2.44 bits per heavy atom. The van der Waals surface area contributed by atoms with Crippen LogP contribution in [-0.4, -0.2) is 37.1 Å². The molecular formula is C13H20N2O2S. The van der Waals surface area contributed by atoms with Crippen LogP contribution in [0.25, 0.3) is 0 Å². The van der Waals surface area contributed by atoms with Gasteiger partial charge >= 0.3 is 0 Å². The molecule has 100 valence electrons. The fourth-order valence-corrected chi connectivity index (χ4v) is 3.19. The number of nitrogens with two attached hydrogens (primary N) is 1. The van der Waals surface area contributed by atoms with E-state index in [1.54, 1.807) is 18.4 Å². The minimum absolute atomic E-state index is 0.00130. The standard InChI is InChI=1S/C13H20N2O2S/c1-17-7-6-15-12(16)4-2-3-11(14)13(15)10-5-8-18-9-10/h5,8-9,11,13H,2-4,6-7,14H2,1H3. The first kappa shape index (κ1) is 13.5. The highest BCUT2D eigenvalue weighted by molar-refractivity contribution is 7.08. The summed E-state index contributed by atoms with van der Waals surface area (Å²) in [5, 5.41) is 4.12. The second-order valence-corrected chi connectivity index (χ2v) is 5.42. The molecule has 2 N–H and O–H groups in total. The second kappa shape index (κ2) is 6.31. The zero-order valence-corrected chi connectivity index (χ0v) is 11.5. The lowest BCUT2D eigenvalue weighted by Crippen LogP contribution is -2.43. The molecule has 4 nitrogen and oxygen atoms in total. The third-order valence-corrected chi connectivity index (χ3v) is 4.11. The number of hydrogen-bond donors (Lipinski definition) is 1. The van der Waals surface area contributed by atoms with Crippen molar-refractivity contribution in [3.63, 3.8) is 0 Å². The maximum absolute atomic E-state index is 12.2. The number of rotatable bonds is 4. The normalized spacial score (nSPS) is 25.2. The number of carbonyl (C=O) groups is 1. The average molecular weight is 268 g/mol. The molecular weight excluding hydrogens is 248 g/mol. The Kier molecular flexibility index (Phi) is 4.74. The van der Waals surface area contributed by atoms with E-state index in [1.165, 1.54) is 0 Å². The van der Waals surface area contributed by atoms with Crippen LogP contribution in [-0.2, 0) is 9.53 Å². The molecule has 0 saturated carbocycles. The van der Waals surface area contributed by atoms with E-state index in [1.807, 2.05) is 10.3 Å². The molecule has 2 unspecified atom stereocenters. The van der Waals surface area contributed by atoms with Gasteiger partial charge in [-0.25, -0.2) is 0 Å². The van der Waals surface area contributed by atoms with Gasteiger partial charge in [-0.05, 0) is 35.2 Å². The van der Waals surface area contributed by atoms with Gasteiger partial charge < -0.3 is 15.4 Å². The Bertz CT molecular complexity index is 380. The molecule has 1 fully saturated rings. The third kappa shape index (κ3) is 2.91. The van der Waals surface area contributed by atoms with Gasteiger partial charge in [0.25, 0.3) is 0 Å². The summed E-state index contributed by atoms with van der Waals surface area (Å²) in [4.78, 5) is 14.1. The van der Waals surface area contributed by atoms with E-state index < -0.39 is 0 Å². The van der Waals surface area contributed by atoms with E-state index in [-0.39, 0.29) is 18.0 Å². The summed E-state index contributed by atoms with van der Waals surface area (Å²) >= 11 is 1.64. The van der Waals surface area contributed by atoms with Crippen molar-refractivity contribution in [2.45, 2.75) is 31.3 Å². The molecule has 0 aromatic carbocycles. The molecule has 1 aliphatic heterocycles. The maximum Gasteiger partial charge on any atom is 0.223 e. The van der Waals surface area contributed by atoms with Crippen molar-refractivity contribution in [3.05, 3.63) is 22.4 Å². The predicted octanol–water partition coefficient (Wildman–Crippen LogP) is 1.78. The van der Waals surface area contributed by atoms with Crippen molar-refractivity contribution >= 4 is 17.2 Å². The van der Waals surface area contributed by atoms with Crippen molar-refractivity contribution in [1.82, 2.24) is 4.90 Å². The number of ether oxygens (including phenoxy) is 1. The Labute approximate surface area is 112 Å². The van der Waals surface area contributed by atoms with Crippen LogP contribution < -0.4 is 5.73 Å². The predicted molar refractivity (Wildman–Crippen MR) is 72.5 cm³/mol. The largest absolute Gasteiger partial charge is 0.383 e. The van der Waals surface area contributed by atoms with Crippen molar-refractivity contribution in [2.75, 3.05) is 20.3 Å². The molecule has 1 aliphatic rings. The van der Waals surface area contributed by atoms with Crippen molar-refractivity contribution in [2.24, 2.45) is 5.73 Å². The van der Waals surface area contributed by atoms with Crippen molar-refractivity contribution in [3.8, 4) is 0 Å². The van der Waals surface area contributed by atoms with E-state index >= 15 is 0 Å². The lowest BCUT2D eigenvalue weighted by atomic mass is 9.99. The van der Waals surface area contributed by atoms with Crippen LogP contribution in [0, 0.1) is 0 Å². The zero-order valence-electron chi connectivity index (χ0n) is 10.7. The first-order valence-corrected chi connectivity index (χ1v) is 7.24. The summed E-state index contributed by atoms with van der Waals surface area (Å²) in [5.41, 5.74) is 7.42. The molecule has 2 heterocycles. The maximum atomic E-state index is 12.2. The third-order valence-electron chi connectivity index (χ3n) is 3.41. The van der Waals surface area contributed by atoms with Crippen LogP contribution in [0.5, 0.6) is 0 Å². The number of nitrogens with zero attached hydrogens (tertiary/aromatic N) is 1. The monoisotopic (exact) mass is 268 g/mol. The molecule has 0 aliphatic carbocycles. The minimum atomic E-state index is 0.00130. The fourth-order valence-electron chi connectivity index (χ4n) is 2.50. The molecule has 1 saturated heterocycles. The number of hydrogen-bond acceptors (Lipinski definition) is 4. The lowest BCUT2D eigenvalue weighted by Gasteiger charge is -2.33. The summed E-state index contributed by atoms with van der Waals surface area (Å²) in [6.45, 7) is 1.17. The minimum Gasteiger partial charge on any atom is -0.383 e. The molecule has 18 heavy (non-hydrogen) atoms. The van der Waals surface area contributed by atoms with E-state index in [4.69, 9.17) is 10.5 Å². The van der Waals surface area contributed by atoms with E-state index in [0.29, 0.717) is 19.6 Å². The topological polar surface area (TPSA) is 55.6 Å². The van der Waals surface area contributed by atoms with Gasteiger partial charge in [0.2, 0.25) is 5.91 Å². The molecule has 1 amide bonds. The van der Waals surface area contributed by atoms with E-state index in [0.717, 1.165) is 18.4 Å². The van der Waals surface area contributed by atoms with Crippen LogP contribution in [0.1, 0.15) is 30.9 Å². The highest BCUT2D eigenvalue weighted by atomic mass is 32.1. The van der Waals surface area contributed by atoms with Gasteiger partial charge in [0.05, 0.1) is 12.6 Å². The summed E-state index contributed by atoms with van der Waals surface area (Å²) in [5.74, 6) is 0.191. The Balaban J connectivity index is 2.24. The molecule has 0 spiro atoms. The summed E-state index contributed by atoms with van der Waals surface area (Å²) in [6, 6.07) is 2.08. The highest BCUT2D eigenvalue weighted by Crippen LogP contribution is 2.31. The first-order valence-electron chi connectivity index (χ1n) is 6.30. The number of amides is 1. The lowest BCUT2D eigenvalue weighted by molar-refractivity contribution is -0.134. The number of likely N-dealkylation sites (tertiary alicyclic amines) is 1. The van der Waals surface area contributed by atoms with Crippen molar-refractivity contribution in [1.29, 1.82) is 0 Å². The average Bonchev–Trinajstić information content (AvgIpc) is 2.82. The van der Waals surface area contributed by atoms with Gasteiger partial charge in [-0.3, -0.25) is 4.79 Å². The summed E-state index contributed by atoms with van der Waals surface area (Å²) in [7, 11) is 1.65. The molecule has 2 atom stereocenters. The van der Waals surface area contributed by atoms with Crippen LogP contribution in [0.15, 0.2) is 16.8 Å². The molecule has 1 aromatic rings. The van der Waals surface area contributed by atoms with Gasteiger partial charge in [0.15, 0.2) is 0 Å². The van der Waals surface area contributed by atoms with Crippen molar-refractivity contribution < 1.29 is 9.53 Å². The van der Waals surface area contributed by atoms with Gasteiger partial charge in [-0.1, -0.05) is 0 Å². The van der Waals surface area contributed by atoms with E-state index in [9.17, 15) is 4.79 Å². The van der Waals surface area contributed by atoms with Gasteiger partial charge in [-0.2, -0.15) is 11.3 Å². The Morgan fingerprint density at radius 3 is 3.11 bits per heavy atom. The van der Waals surface area contributed by atoms with Crippen LogP contribution in [0.3, 0.4) is 0 Å². The van der Waals surface area contributed by atoms with Gasteiger partial charge in [-0.15, -0.1) is 0 Å². The highest BCUT2D eigenvalue weighted by Gasteiger charge is 2.32. The summed E-state index contributed by atoms with van der Waals surface area (Å²) in [6.07, 6.45) is 2.37. The summed E-state index contributed by atoms with van der Waals surface area (Å²) < 4.78 is 5.10. The first-order chi connectivity index (χ1) is 8.74. The number of carbonyl (C=O) groups excluding carboxylic acids is 1. The smallest absolute Gasteiger partial charge is 0.223 e. The van der Waals surface area contributed by atoms with Crippen LogP contribution >= 0.6 is 11.3 Å². The Morgan fingerprint density at radius 1 is 1.61 bits per heavy atom. The second-order valence-electron chi connectivity index (χ2n) is 4.64. The molecule has 2 rings (SSSR count).